The molecule has 0 aromatic heterocycles. The van der Waals surface area contributed by atoms with Crippen LogP contribution in [0, 0.1) is 5.92 Å². The Morgan fingerprint density at radius 1 is 1.70 bits per heavy atom. The van der Waals surface area contributed by atoms with Gasteiger partial charge in [-0.05, 0) is 19.0 Å². The maximum Gasteiger partial charge on any atom is 0.0957 e. The second-order valence-electron chi connectivity index (χ2n) is 2.88. The topological polar surface area (TPSA) is 3.24 Å². The van der Waals surface area contributed by atoms with Gasteiger partial charge >= 0.3 is 0 Å². The van der Waals surface area contributed by atoms with E-state index in [1.165, 1.54) is 0 Å². The van der Waals surface area contributed by atoms with Crippen LogP contribution in [0.1, 0.15) is 12.8 Å². The zero-order valence-electron chi connectivity index (χ0n) is 6.39. The molecule has 1 rings (SSSR count). The summed E-state index contributed by atoms with van der Waals surface area (Å²) < 4.78 is 12.1. The maximum absolute atomic E-state index is 12.1. The van der Waals surface area contributed by atoms with Crippen LogP contribution in [-0.4, -0.2) is 25.2 Å². The number of hydrogen-bond acceptors (Lipinski definition) is 1. The molecular formula is C8H14FN. The fourth-order valence-electron chi connectivity index (χ4n) is 1.17. The SMILES string of the molecule is CN1C=CC(CF)CCC1. The molecule has 1 atom stereocenters. The number of allylic oxidation sites excluding steroid dienone is 1. The lowest BCUT2D eigenvalue weighted by Crippen LogP contribution is -2.09. The molecule has 0 spiro atoms. The highest BCUT2D eigenvalue weighted by Crippen LogP contribution is 2.13. The molecule has 58 valence electrons. The van der Waals surface area contributed by atoms with Crippen molar-refractivity contribution in [1.82, 2.24) is 4.90 Å². The van der Waals surface area contributed by atoms with Crippen LogP contribution in [-0.2, 0) is 0 Å². The number of alkyl halides is 1. The van der Waals surface area contributed by atoms with E-state index < -0.39 is 0 Å². The zero-order valence-corrected chi connectivity index (χ0v) is 6.39. The van der Waals surface area contributed by atoms with E-state index in [1.807, 2.05) is 19.3 Å². The Kier molecular flexibility index (Phi) is 2.72. The molecule has 10 heavy (non-hydrogen) atoms. The first kappa shape index (κ1) is 7.58. The van der Waals surface area contributed by atoms with Crippen molar-refractivity contribution in [2.75, 3.05) is 20.3 Å². The highest BCUT2D eigenvalue weighted by Gasteiger charge is 2.07. The standard InChI is InChI=1S/C8H14FN/c1-10-5-2-3-8(7-9)4-6-10/h4,6,8H,2-3,5,7H2,1H3. The molecule has 0 fully saturated rings. The maximum atomic E-state index is 12.1. The van der Waals surface area contributed by atoms with Gasteiger partial charge < -0.3 is 4.90 Å². The van der Waals surface area contributed by atoms with Gasteiger partial charge in [0.25, 0.3) is 0 Å². The van der Waals surface area contributed by atoms with E-state index >= 15 is 0 Å². The van der Waals surface area contributed by atoms with Crippen LogP contribution in [0.5, 0.6) is 0 Å². The predicted molar refractivity (Wildman–Crippen MR) is 40.5 cm³/mol. The Morgan fingerprint density at radius 2 is 2.50 bits per heavy atom. The van der Waals surface area contributed by atoms with Crippen LogP contribution < -0.4 is 0 Å². The van der Waals surface area contributed by atoms with Gasteiger partial charge in [-0.15, -0.1) is 0 Å². The molecule has 0 N–H and O–H groups in total. The van der Waals surface area contributed by atoms with E-state index in [0.717, 1.165) is 19.4 Å². The van der Waals surface area contributed by atoms with Crippen molar-refractivity contribution in [1.29, 1.82) is 0 Å². The molecule has 0 aromatic rings. The van der Waals surface area contributed by atoms with Crippen molar-refractivity contribution in [2.24, 2.45) is 5.92 Å². The first-order valence-electron chi connectivity index (χ1n) is 3.77. The summed E-state index contributed by atoms with van der Waals surface area (Å²) in [7, 11) is 2.02. The van der Waals surface area contributed by atoms with Crippen LogP contribution >= 0.6 is 0 Å². The average molecular weight is 143 g/mol. The molecule has 1 aliphatic heterocycles. The monoisotopic (exact) mass is 143 g/mol. The van der Waals surface area contributed by atoms with Crippen molar-refractivity contribution in [3.05, 3.63) is 12.3 Å². The van der Waals surface area contributed by atoms with Crippen LogP contribution in [0.4, 0.5) is 4.39 Å². The minimum absolute atomic E-state index is 0.171. The van der Waals surface area contributed by atoms with Gasteiger partial charge in [0, 0.05) is 19.5 Å². The summed E-state index contributed by atoms with van der Waals surface area (Å²) in [5.74, 6) is 0.171. The first-order valence-corrected chi connectivity index (χ1v) is 3.77. The van der Waals surface area contributed by atoms with E-state index in [4.69, 9.17) is 0 Å². The third kappa shape index (κ3) is 2.01. The quantitative estimate of drug-likeness (QED) is 0.541. The Balaban J connectivity index is 2.42. The van der Waals surface area contributed by atoms with E-state index in [-0.39, 0.29) is 12.6 Å². The number of rotatable bonds is 1. The molecule has 2 heteroatoms. The Morgan fingerprint density at radius 3 is 3.20 bits per heavy atom. The molecule has 1 nitrogen and oxygen atoms in total. The van der Waals surface area contributed by atoms with Gasteiger partial charge in [0.15, 0.2) is 0 Å². The number of nitrogens with zero attached hydrogens (tertiary/aromatic N) is 1. The van der Waals surface area contributed by atoms with Gasteiger partial charge in [0.1, 0.15) is 0 Å². The summed E-state index contributed by atoms with van der Waals surface area (Å²) in [4.78, 5) is 2.11. The van der Waals surface area contributed by atoms with Gasteiger partial charge in [-0.25, -0.2) is 0 Å². The summed E-state index contributed by atoms with van der Waals surface area (Å²) in [5.41, 5.74) is 0. The Labute approximate surface area is 61.5 Å². The fraction of sp³-hybridized carbons (Fsp3) is 0.750. The summed E-state index contributed by atoms with van der Waals surface area (Å²) >= 11 is 0. The second-order valence-corrected chi connectivity index (χ2v) is 2.88. The molecule has 0 amide bonds. The minimum Gasteiger partial charge on any atom is -0.381 e. The van der Waals surface area contributed by atoms with Gasteiger partial charge in [-0.1, -0.05) is 6.08 Å². The highest BCUT2D eigenvalue weighted by molar-refractivity contribution is 4.90. The molecular weight excluding hydrogens is 129 g/mol. The molecule has 0 bridgehead atoms. The zero-order chi connectivity index (χ0) is 7.40. The predicted octanol–water partition coefficient (Wildman–Crippen LogP) is 1.81. The van der Waals surface area contributed by atoms with Crippen molar-refractivity contribution in [3.63, 3.8) is 0 Å². The van der Waals surface area contributed by atoms with Gasteiger partial charge in [-0.2, -0.15) is 0 Å². The van der Waals surface area contributed by atoms with Gasteiger partial charge in [0.05, 0.1) is 6.67 Å². The van der Waals surface area contributed by atoms with Gasteiger partial charge in [0.2, 0.25) is 0 Å². The lowest BCUT2D eigenvalue weighted by molar-refractivity contribution is 0.383. The summed E-state index contributed by atoms with van der Waals surface area (Å²) in [5, 5.41) is 0. The van der Waals surface area contributed by atoms with E-state index in [2.05, 4.69) is 4.90 Å². The average Bonchev–Trinajstić information content (AvgIpc) is 2.14. The van der Waals surface area contributed by atoms with E-state index in [1.54, 1.807) is 0 Å². The lowest BCUT2D eigenvalue weighted by atomic mass is 10.1. The molecule has 1 heterocycles. The normalized spacial score (nSPS) is 26.6. The van der Waals surface area contributed by atoms with Crippen LogP contribution in [0.15, 0.2) is 12.3 Å². The molecule has 0 saturated heterocycles. The third-order valence-corrected chi connectivity index (χ3v) is 1.90. The molecule has 0 radical (unpaired) electrons. The van der Waals surface area contributed by atoms with Crippen LogP contribution in [0.3, 0.4) is 0 Å². The smallest absolute Gasteiger partial charge is 0.0957 e. The van der Waals surface area contributed by atoms with Crippen LogP contribution in [0.2, 0.25) is 0 Å². The van der Waals surface area contributed by atoms with Crippen LogP contribution in [0.25, 0.3) is 0 Å². The summed E-state index contributed by atoms with van der Waals surface area (Å²) in [6, 6.07) is 0. The first-order chi connectivity index (χ1) is 4.83. The van der Waals surface area contributed by atoms with E-state index in [9.17, 15) is 4.39 Å². The van der Waals surface area contributed by atoms with E-state index in [0.29, 0.717) is 0 Å². The van der Waals surface area contributed by atoms with Gasteiger partial charge in [-0.3, -0.25) is 4.39 Å². The molecule has 0 saturated carbocycles. The second kappa shape index (κ2) is 3.59. The summed E-state index contributed by atoms with van der Waals surface area (Å²) in [6.45, 7) is 0.858. The largest absolute Gasteiger partial charge is 0.381 e. The lowest BCUT2D eigenvalue weighted by Gasteiger charge is -2.09. The minimum atomic E-state index is -0.204. The molecule has 1 unspecified atom stereocenters. The fourth-order valence-corrected chi connectivity index (χ4v) is 1.17. The van der Waals surface area contributed by atoms with Crippen molar-refractivity contribution < 1.29 is 4.39 Å². The Bertz CT molecular complexity index is 122. The Hall–Kier alpha value is -0.530. The third-order valence-electron chi connectivity index (χ3n) is 1.90. The molecule has 1 aliphatic rings. The molecule has 0 aromatic carbocycles. The number of hydrogen-bond donors (Lipinski definition) is 0. The van der Waals surface area contributed by atoms with Crippen molar-refractivity contribution >= 4 is 0 Å². The van der Waals surface area contributed by atoms with Crippen molar-refractivity contribution in [2.45, 2.75) is 12.8 Å². The number of halogens is 1. The highest BCUT2D eigenvalue weighted by atomic mass is 19.1. The summed E-state index contributed by atoms with van der Waals surface area (Å²) in [6.07, 6.45) is 6.06. The van der Waals surface area contributed by atoms with Crippen molar-refractivity contribution in [3.8, 4) is 0 Å². The molecule has 0 aliphatic carbocycles.